The molecule has 0 radical (unpaired) electrons. The van der Waals surface area contributed by atoms with E-state index in [9.17, 15) is 0 Å². The van der Waals surface area contributed by atoms with E-state index in [1.54, 1.807) is 0 Å². The first-order valence-corrected chi connectivity index (χ1v) is 5.08. The average molecular weight is 210 g/mol. The molecule has 3 nitrogen and oxygen atoms in total. The van der Waals surface area contributed by atoms with Crippen molar-refractivity contribution >= 4 is 13.3 Å². The van der Waals surface area contributed by atoms with E-state index in [0.717, 1.165) is 5.75 Å². The molecule has 1 aliphatic carbocycles. The third-order valence-corrected chi connectivity index (χ3v) is 2.63. The van der Waals surface area contributed by atoms with Crippen LogP contribution in [0.4, 0.5) is 0 Å². The normalized spacial score (nSPS) is 15.2. The van der Waals surface area contributed by atoms with Crippen molar-refractivity contribution < 1.29 is 15.7 Å². The Kier molecular flexibility index (Phi) is 6.05. The molecule has 1 saturated carbocycles. The van der Waals surface area contributed by atoms with Crippen molar-refractivity contribution in [1.29, 1.82) is 0 Å². The van der Waals surface area contributed by atoms with Crippen LogP contribution in [0, 0.1) is 0 Å². The van der Waals surface area contributed by atoms with E-state index in [4.69, 9.17) is 4.74 Å². The zero-order valence-electron chi connectivity index (χ0n) is 9.12. The molecule has 0 aromatic heterocycles. The summed E-state index contributed by atoms with van der Waals surface area (Å²) in [5.74, 6) is 1.03. The molecule has 0 heterocycles. The number of rotatable bonds is 2. The van der Waals surface area contributed by atoms with Gasteiger partial charge in [-0.2, -0.15) is 0 Å². The first-order chi connectivity index (χ1) is 6.34. The van der Waals surface area contributed by atoms with E-state index in [0.29, 0.717) is 6.10 Å². The lowest BCUT2D eigenvalue weighted by molar-refractivity contribution is 0.210. The first-order valence-electron chi connectivity index (χ1n) is 5.08. The summed E-state index contributed by atoms with van der Waals surface area (Å²) < 4.78 is 5.83. The minimum absolute atomic E-state index is 0. The summed E-state index contributed by atoms with van der Waals surface area (Å²) in [6.45, 7) is 0. The maximum absolute atomic E-state index is 5.83. The highest BCUT2D eigenvalue weighted by Crippen LogP contribution is 2.23. The van der Waals surface area contributed by atoms with Gasteiger partial charge in [-0.1, -0.05) is 17.6 Å². The molecule has 1 aromatic carbocycles. The molecule has 4 N–H and O–H groups in total. The summed E-state index contributed by atoms with van der Waals surface area (Å²) in [6, 6.07) is 8.33. The topological polar surface area (TPSA) is 72.2 Å². The van der Waals surface area contributed by atoms with Crippen LogP contribution in [0.5, 0.6) is 5.75 Å². The smallest absolute Gasteiger partial charge is 0.139 e. The molecular formula is C11H19BO3. The Morgan fingerprint density at radius 1 is 1.00 bits per heavy atom. The van der Waals surface area contributed by atoms with Crippen LogP contribution in [-0.2, 0) is 0 Å². The van der Waals surface area contributed by atoms with Crippen LogP contribution in [0.25, 0.3) is 0 Å². The lowest BCUT2D eigenvalue weighted by Crippen LogP contribution is -2.11. The number of ether oxygens (including phenoxy) is 1. The fourth-order valence-electron chi connectivity index (χ4n) is 1.82. The van der Waals surface area contributed by atoms with Crippen LogP contribution in [0.2, 0.25) is 0 Å². The molecule has 15 heavy (non-hydrogen) atoms. The van der Waals surface area contributed by atoms with E-state index in [-0.39, 0.29) is 11.0 Å². The Morgan fingerprint density at radius 3 is 2.07 bits per heavy atom. The molecule has 0 saturated heterocycles. The molecule has 1 aliphatic rings. The Labute approximate surface area is 91.5 Å². The van der Waals surface area contributed by atoms with Crippen molar-refractivity contribution in [3.63, 3.8) is 0 Å². The van der Waals surface area contributed by atoms with Gasteiger partial charge in [0.1, 0.15) is 13.6 Å². The van der Waals surface area contributed by atoms with Crippen LogP contribution >= 0.6 is 0 Å². The van der Waals surface area contributed by atoms with Crippen molar-refractivity contribution in [2.75, 3.05) is 0 Å². The Balaban J connectivity index is 0.000000980. The van der Waals surface area contributed by atoms with Gasteiger partial charge in [-0.05, 0) is 37.8 Å². The van der Waals surface area contributed by atoms with Gasteiger partial charge < -0.3 is 15.7 Å². The fourth-order valence-corrected chi connectivity index (χ4v) is 1.82. The van der Waals surface area contributed by atoms with Gasteiger partial charge >= 0.3 is 0 Å². The molecule has 0 bridgehead atoms. The lowest BCUT2D eigenvalue weighted by atomic mass is 9.97. The Bertz CT molecular complexity index is 268. The first kappa shape index (κ1) is 14.0. The third kappa shape index (κ3) is 3.94. The highest BCUT2D eigenvalue weighted by Gasteiger charge is 2.15. The van der Waals surface area contributed by atoms with Gasteiger partial charge in [0.25, 0.3) is 0 Å². The van der Waals surface area contributed by atoms with Crippen LogP contribution in [-0.4, -0.2) is 24.9 Å². The molecule has 0 spiro atoms. The summed E-state index contributed by atoms with van der Waals surface area (Å²) in [5, 5.41) is 0. The predicted molar refractivity (Wildman–Crippen MR) is 64.7 cm³/mol. The van der Waals surface area contributed by atoms with E-state index in [1.165, 1.54) is 31.1 Å². The number of hydrogen-bond acceptors (Lipinski definition) is 1. The maximum atomic E-state index is 5.83. The third-order valence-electron chi connectivity index (χ3n) is 2.63. The molecule has 0 amide bonds. The van der Waals surface area contributed by atoms with Crippen LogP contribution in [0.3, 0.4) is 0 Å². The van der Waals surface area contributed by atoms with E-state index in [2.05, 4.69) is 32.1 Å². The van der Waals surface area contributed by atoms with Gasteiger partial charge in [0.05, 0.1) is 6.10 Å². The molecule has 0 aliphatic heterocycles. The maximum Gasteiger partial charge on any atom is 0.139 e. The Morgan fingerprint density at radius 2 is 1.53 bits per heavy atom. The van der Waals surface area contributed by atoms with E-state index < -0.39 is 0 Å². The summed E-state index contributed by atoms with van der Waals surface area (Å²) in [4.78, 5) is 0. The van der Waals surface area contributed by atoms with Crippen LogP contribution in [0.1, 0.15) is 25.7 Å². The van der Waals surface area contributed by atoms with E-state index >= 15 is 0 Å². The highest BCUT2D eigenvalue weighted by molar-refractivity contribution is 6.32. The average Bonchev–Trinajstić information content (AvgIpc) is 2.62. The number of hydrogen-bond donors (Lipinski definition) is 0. The molecule has 4 heteroatoms. The van der Waals surface area contributed by atoms with E-state index in [1.807, 2.05) is 0 Å². The molecule has 1 fully saturated rings. The largest absolute Gasteiger partial charge is 0.490 e. The monoisotopic (exact) mass is 210 g/mol. The molecule has 0 atom stereocenters. The molecule has 2 rings (SSSR count). The van der Waals surface area contributed by atoms with Crippen LogP contribution in [0.15, 0.2) is 24.3 Å². The van der Waals surface area contributed by atoms with Crippen molar-refractivity contribution in [2.45, 2.75) is 31.8 Å². The molecule has 84 valence electrons. The van der Waals surface area contributed by atoms with Gasteiger partial charge in [-0.3, -0.25) is 0 Å². The summed E-state index contributed by atoms with van der Waals surface area (Å²) in [6.07, 6.45) is 5.59. The SMILES string of the molecule is Bc1ccc(OC2CCCC2)cc1.O.O. The van der Waals surface area contributed by atoms with Crippen molar-refractivity contribution in [2.24, 2.45) is 0 Å². The second-order valence-corrected chi connectivity index (χ2v) is 3.84. The second-order valence-electron chi connectivity index (χ2n) is 3.84. The van der Waals surface area contributed by atoms with Crippen LogP contribution < -0.4 is 10.2 Å². The molecule has 1 aromatic rings. The Hall–Kier alpha value is -0.995. The summed E-state index contributed by atoms with van der Waals surface area (Å²) in [5.41, 5.74) is 1.29. The zero-order valence-corrected chi connectivity index (χ0v) is 9.12. The van der Waals surface area contributed by atoms with Gasteiger partial charge in [0, 0.05) is 0 Å². The second kappa shape index (κ2) is 6.48. The number of benzene rings is 1. The zero-order chi connectivity index (χ0) is 9.10. The lowest BCUT2D eigenvalue weighted by Gasteiger charge is -2.12. The van der Waals surface area contributed by atoms with Gasteiger partial charge in [0.2, 0.25) is 0 Å². The predicted octanol–water partition coefficient (Wildman–Crippen LogP) is -0.383. The minimum Gasteiger partial charge on any atom is -0.490 e. The molecule has 0 unspecified atom stereocenters. The van der Waals surface area contributed by atoms with Gasteiger partial charge in [-0.25, -0.2) is 0 Å². The highest BCUT2D eigenvalue weighted by atomic mass is 16.5. The molecular weight excluding hydrogens is 191 g/mol. The van der Waals surface area contributed by atoms with Crippen molar-refractivity contribution in [3.05, 3.63) is 24.3 Å². The van der Waals surface area contributed by atoms with Gasteiger partial charge in [-0.15, -0.1) is 0 Å². The quantitative estimate of drug-likeness (QED) is 0.613. The summed E-state index contributed by atoms with van der Waals surface area (Å²) >= 11 is 0. The fraction of sp³-hybridized carbons (Fsp3) is 0.455. The van der Waals surface area contributed by atoms with Crippen molar-refractivity contribution in [3.8, 4) is 5.75 Å². The minimum atomic E-state index is 0. The van der Waals surface area contributed by atoms with Crippen molar-refractivity contribution in [1.82, 2.24) is 0 Å². The summed E-state index contributed by atoms with van der Waals surface area (Å²) in [7, 11) is 2.10. The van der Waals surface area contributed by atoms with Gasteiger partial charge in [0.15, 0.2) is 0 Å². The standard InChI is InChI=1S/C11H15BO.2H2O/c12-9-5-7-11(8-6-9)13-10-3-1-2-4-10;;/h5-8,10H,1-4,12H2;2*1H2.